The Morgan fingerprint density at radius 2 is 1.63 bits per heavy atom. The van der Waals surface area contributed by atoms with Gasteiger partial charge in [-0.1, -0.05) is 17.4 Å². The second-order valence-corrected chi connectivity index (χ2v) is 15.4. The second kappa shape index (κ2) is 13.6. The van der Waals surface area contributed by atoms with Crippen LogP contribution in [0.3, 0.4) is 0 Å². The minimum absolute atomic E-state index is 0.0135. The van der Waals surface area contributed by atoms with Crippen LogP contribution in [-0.4, -0.2) is 53.7 Å². The molecule has 0 spiro atoms. The van der Waals surface area contributed by atoms with Gasteiger partial charge in [-0.3, -0.25) is 24.1 Å². The Bertz CT molecular complexity index is 2130. The minimum Gasteiger partial charge on any atom is -0.490 e. The summed E-state index contributed by atoms with van der Waals surface area (Å²) in [6.07, 6.45) is 0.724. The third-order valence-electron chi connectivity index (χ3n) is 10.5. The zero-order chi connectivity index (χ0) is 36.3. The number of benzene rings is 3. The number of H-pyrrole nitrogens is 1. The second-order valence-electron chi connectivity index (χ2n) is 13.2. The average molecular weight is 744 g/mol. The van der Waals surface area contributed by atoms with E-state index in [2.05, 4.69) is 10.3 Å². The number of imide groups is 1. The van der Waals surface area contributed by atoms with Crippen molar-refractivity contribution in [2.45, 2.75) is 36.5 Å². The predicted octanol–water partition coefficient (Wildman–Crippen LogP) is 5.85. The van der Waals surface area contributed by atoms with Crippen molar-refractivity contribution in [3.8, 4) is 11.5 Å². The van der Waals surface area contributed by atoms with Gasteiger partial charge >= 0.3 is 10.8 Å². The lowest BCUT2D eigenvalue weighted by Gasteiger charge is -2.43. The first-order chi connectivity index (χ1) is 25.2. The molecule has 14 heteroatoms. The maximum atomic E-state index is 14.0. The first-order valence-electron chi connectivity index (χ1n) is 17.2. The molecule has 4 aliphatic rings. The molecule has 1 saturated heterocycles. The lowest BCUT2D eigenvalue weighted by molar-refractivity contribution is -0.123. The number of anilines is 2. The first-order valence-corrected chi connectivity index (χ1v) is 18.9. The number of aromatic amines is 1. The van der Waals surface area contributed by atoms with Gasteiger partial charge in [0.25, 0.3) is 5.91 Å². The van der Waals surface area contributed by atoms with E-state index in [1.807, 2.05) is 19.1 Å². The summed E-state index contributed by atoms with van der Waals surface area (Å²) < 4.78 is 30.7. The summed E-state index contributed by atoms with van der Waals surface area (Å²) in [7, 11) is 0. The topological polar surface area (TPSA) is 144 Å². The van der Waals surface area contributed by atoms with Crippen molar-refractivity contribution in [2.75, 3.05) is 30.0 Å². The number of carbonyl (C=O) groups is 4. The Hall–Kier alpha value is -4.95. The molecule has 7 atom stereocenters. The van der Waals surface area contributed by atoms with Crippen LogP contribution in [0.25, 0.3) is 0 Å². The monoisotopic (exact) mass is 743 g/mol. The predicted molar refractivity (Wildman–Crippen MR) is 192 cm³/mol. The summed E-state index contributed by atoms with van der Waals surface area (Å²) in [5, 5.41) is 3.52. The van der Waals surface area contributed by atoms with Crippen molar-refractivity contribution >= 4 is 58.2 Å². The fraction of sp³-hybridized carbons (Fsp3) is 0.342. The van der Waals surface area contributed by atoms with E-state index in [0.29, 0.717) is 35.0 Å². The summed E-state index contributed by atoms with van der Waals surface area (Å²) in [5.41, 5.74) is 2.12. The Morgan fingerprint density at radius 1 is 0.904 bits per heavy atom. The van der Waals surface area contributed by atoms with Crippen molar-refractivity contribution < 1.29 is 37.8 Å². The van der Waals surface area contributed by atoms with E-state index in [4.69, 9.17) is 14.2 Å². The molecule has 52 heavy (non-hydrogen) atoms. The van der Waals surface area contributed by atoms with Crippen molar-refractivity contribution in [3.05, 3.63) is 98.2 Å². The average Bonchev–Trinajstić information content (AvgIpc) is 3.87. The molecule has 2 N–H and O–H groups in total. The summed E-state index contributed by atoms with van der Waals surface area (Å²) in [6.45, 7) is 3.86. The maximum absolute atomic E-state index is 14.0. The van der Waals surface area contributed by atoms with Gasteiger partial charge < -0.3 is 24.5 Å². The third-order valence-corrected chi connectivity index (χ3v) is 13.1. The SMILES string of the molecule is CCOC(=O)c1ccc(NC(=O)COc2ccc([C@H]3c4sc(=O)[nH]c4SC4C5CC(C6C(=O)N(c7ccc(F)cc7)C(=O)C56)C43)cc2OCC)cc1. The number of thioether (sulfide) groups is 1. The number of esters is 1. The molecule has 2 bridgehead atoms. The van der Waals surface area contributed by atoms with Crippen molar-refractivity contribution in [1.82, 2.24) is 4.98 Å². The van der Waals surface area contributed by atoms with E-state index < -0.39 is 29.5 Å². The number of aromatic nitrogens is 1. The van der Waals surface area contributed by atoms with Gasteiger partial charge in [0.2, 0.25) is 11.8 Å². The molecule has 6 unspecified atom stereocenters. The molecule has 268 valence electrons. The van der Waals surface area contributed by atoms with Gasteiger partial charge in [-0.25, -0.2) is 9.18 Å². The van der Waals surface area contributed by atoms with E-state index in [1.165, 1.54) is 29.2 Å². The summed E-state index contributed by atoms with van der Waals surface area (Å²) >= 11 is 2.75. The molecule has 2 aliphatic heterocycles. The lowest BCUT2D eigenvalue weighted by atomic mass is 9.68. The number of ether oxygens (including phenoxy) is 3. The summed E-state index contributed by atoms with van der Waals surface area (Å²) in [5.74, 6) is -2.44. The van der Waals surface area contributed by atoms with E-state index in [-0.39, 0.29) is 58.8 Å². The fourth-order valence-electron chi connectivity index (χ4n) is 8.58. The van der Waals surface area contributed by atoms with Gasteiger partial charge in [0.15, 0.2) is 18.1 Å². The quantitative estimate of drug-likeness (QED) is 0.151. The molecule has 11 nitrogen and oxygen atoms in total. The van der Waals surface area contributed by atoms with E-state index in [9.17, 15) is 28.4 Å². The van der Waals surface area contributed by atoms with Gasteiger partial charge in [0, 0.05) is 21.7 Å². The highest BCUT2D eigenvalue weighted by Gasteiger charge is 2.69. The number of amides is 3. The lowest BCUT2D eigenvalue weighted by Crippen LogP contribution is -2.42. The molecule has 3 fully saturated rings. The van der Waals surface area contributed by atoms with Gasteiger partial charge in [-0.05, 0) is 104 Å². The van der Waals surface area contributed by atoms with Gasteiger partial charge in [-0.15, -0.1) is 11.8 Å². The van der Waals surface area contributed by atoms with Gasteiger partial charge in [0.05, 0.1) is 41.3 Å². The molecule has 4 aromatic rings. The van der Waals surface area contributed by atoms with Crippen LogP contribution >= 0.6 is 23.1 Å². The summed E-state index contributed by atoms with van der Waals surface area (Å²) in [6, 6.07) is 17.3. The fourth-order valence-corrected chi connectivity index (χ4v) is 11.5. The number of nitrogens with zero attached hydrogens (tertiary/aromatic N) is 1. The van der Waals surface area contributed by atoms with E-state index in [1.54, 1.807) is 49.0 Å². The number of nitrogens with one attached hydrogen (secondary N) is 2. The van der Waals surface area contributed by atoms with Crippen molar-refractivity contribution in [3.63, 3.8) is 0 Å². The van der Waals surface area contributed by atoms with E-state index >= 15 is 0 Å². The molecule has 2 aliphatic carbocycles. The molecule has 3 amide bonds. The van der Waals surface area contributed by atoms with Gasteiger partial charge in [0.1, 0.15) is 5.82 Å². The Labute approximate surface area is 305 Å². The third kappa shape index (κ3) is 5.77. The number of rotatable bonds is 10. The number of carbonyl (C=O) groups excluding carboxylic acids is 4. The molecule has 3 heterocycles. The zero-order valence-electron chi connectivity index (χ0n) is 28.1. The van der Waals surface area contributed by atoms with Crippen LogP contribution in [0.5, 0.6) is 11.5 Å². The Balaban J connectivity index is 1.05. The highest BCUT2D eigenvalue weighted by molar-refractivity contribution is 8.00. The molecular weight excluding hydrogens is 710 g/mol. The number of hydrogen-bond acceptors (Lipinski definition) is 10. The highest BCUT2D eigenvalue weighted by atomic mass is 32.2. The summed E-state index contributed by atoms with van der Waals surface area (Å²) in [4.78, 5) is 70.3. The Kier molecular flexibility index (Phi) is 8.90. The largest absolute Gasteiger partial charge is 0.490 e. The van der Waals surface area contributed by atoms with Crippen LogP contribution in [0.1, 0.15) is 47.0 Å². The maximum Gasteiger partial charge on any atom is 0.338 e. The van der Waals surface area contributed by atoms with E-state index in [0.717, 1.165) is 33.2 Å². The zero-order valence-corrected chi connectivity index (χ0v) is 29.8. The number of fused-ring (bicyclic) bond motifs is 9. The van der Waals surface area contributed by atoms with Crippen molar-refractivity contribution in [2.24, 2.45) is 29.6 Å². The van der Waals surface area contributed by atoms with Crippen LogP contribution in [0.4, 0.5) is 15.8 Å². The molecule has 8 rings (SSSR count). The number of thiazole rings is 1. The minimum atomic E-state index is -0.502. The molecule has 0 radical (unpaired) electrons. The molecular formula is C38H34FN3O8S2. The van der Waals surface area contributed by atoms with Gasteiger partial charge in [-0.2, -0.15) is 0 Å². The molecule has 2 saturated carbocycles. The normalized spacial score (nSPS) is 25.4. The standard InChI is InChI=1S/C38H34FN3O8S2/c1-3-48-26-15-19(7-14-25(26)50-17-27(43)40-21-10-5-18(6-11-21)37(46)49-4-2)28-29-23-16-24(32(29)51-34-33(28)52-38(47)41-34)31-30(23)35(44)42(36(31)45)22-12-8-20(39)9-13-22/h5-15,23-24,28-32H,3-4,16-17H2,1-2H3,(H,40,43)(H,41,47)/t23?,24?,28-,29?,30?,31?,32?/m1/s1. The van der Waals surface area contributed by atoms with Crippen LogP contribution in [0, 0.1) is 35.4 Å². The van der Waals surface area contributed by atoms with Crippen LogP contribution < -0.4 is 24.6 Å². The Morgan fingerprint density at radius 3 is 2.35 bits per heavy atom. The smallest absolute Gasteiger partial charge is 0.338 e. The van der Waals surface area contributed by atoms with Crippen molar-refractivity contribution in [1.29, 1.82) is 0 Å². The number of hydrogen-bond donors (Lipinski definition) is 2. The molecule has 3 aromatic carbocycles. The number of halogens is 1. The van der Waals surface area contributed by atoms with Crippen LogP contribution in [0.2, 0.25) is 0 Å². The molecule has 1 aromatic heterocycles. The highest BCUT2D eigenvalue weighted by Crippen LogP contribution is 2.68. The first kappa shape index (κ1) is 34.2. The van der Waals surface area contributed by atoms with Crippen LogP contribution in [-0.2, 0) is 19.1 Å². The van der Waals surface area contributed by atoms with Crippen LogP contribution in [0.15, 0.2) is 76.6 Å².